The molecule has 126 valence electrons. The van der Waals surface area contributed by atoms with Gasteiger partial charge in [-0.2, -0.15) is 0 Å². The third-order valence-corrected chi connectivity index (χ3v) is 4.60. The maximum atomic E-state index is 13.6. The Kier molecular flexibility index (Phi) is 4.28. The number of hydrogen-bond donors (Lipinski definition) is 2. The predicted octanol–water partition coefficient (Wildman–Crippen LogP) is 3.57. The molecule has 0 aromatic heterocycles. The minimum atomic E-state index is -1.04. The molecule has 1 saturated heterocycles. The minimum Gasteiger partial charge on any atom is -0.383 e. The maximum Gasteiger partial charge on any atom is 0.321 e. The number of carbonyl (C=O) groups is 1. The van der Waals surface area contributed by atoms with Crippen molar-refractivity contribution in [3.63, 3.8) is 0 Å². The van der Waals surface area contributed by atoms with Crippen LogP contribution < -0.4 is 5.32 Å². The van der Waals surface area contributed by atoms with E-state index in [1.807, 2.05) is 31.2 Å². The van der Waals surface area contributed by atoms with Crippen LogP contribution in [0.15, 0.2) is 42.5 Å². The molecule has 2 N–H and O–H groups in total. The number of aliphatic hydroxyl groups is 1. The highest BCUT2D eigenvalue weighted by molar-refractivity contribution is 5.89. The number of benzene rings is 2. The molecule has 4 nitrogen and oxygen atoms in total. The standard InChI is InChI=1S/C19H21FN2O2/c1-13-5-3-4-6-16(13)19(24)9-10-22(12-19)18(23)21-15-8-7-14(2)17(20)11-15/h3-8,11,24H,9-10,12H2,1-2H3,(H,21,23)/t19-/m0/s1. The number of nitrogens with one attached hydrogen (secondary N) is 1. The first-order valence-electron chi connectivity index (χ1n) is 8.00. The predicted molar refractivity (Wildman–Crippen MR) is 91.4 cm³/mol. The Morgan fingerprint density at radius 3 is 2.67 bits per heavy atom. The van der Waals surface area contributed by atoms with Crippen molar-refractivity contribution in [1.82, 2.24) is 4.90 Å². The lowest BCUT2D eigenvalue weighted by Crippen LogP contribution is -2.37. The average molecular weight is 328 g/mol. The zero-order chi connectivity index (χ0) is 17.3. The second-order valence-electron chi connectivity index (χ2n) is 6.41. The fraction of sp³-hybridized carbons (Fsp3) is 0.316. The molecular weight excluding hydrogens is 307 g/mol. The van der Waals surface area contributed by atoms with Crippen LogP contribution >= 0.6 is 0 Å². The third kappa shape index (κ3) is 3.12. The van der Waals surface area contributed by atoms with Crippen LogP contribution in [0.3, 0.4) is 0 Å². The SMILES string of the molecule is Cc1ccc(NC(=O)N2CC[C@@](O)(c3ccccc3C)C2)cc1F. The van der Waals surface area contributed by atoms with Gasteiger partial charge in [0.25, 0.3) is 0 Å². The molecule has 0 saturated carbocycles. The van der Waals surface area contributed by atoms with E-state index in [4.69, 9.17) is 0 Å². The Labute approximate surface area is 140 Å². The summed E-state index contributed by atoms with van der Waals surface area (Å²) in [7, 11) is 0. The van der Waals surface area contributed by atoms with Gasteiger partial charge in [-0.3, -0.25) is 0 Å². The second kappa shape index (κ2) is 6.24. The van der Waals surface area contributed by atoms with E-state index in [2.05, 4.69) is 5.32 Å². The van der Waals surface area contributed by atoms with Crippen LogP contribution in [-0.2, 0) is 5.60 Å². The number of halogens is 1. The van der Waals surface area contributed by atoms with Crippen molar-refractivity contribution in [2.24, 2.45) is 0 Å². The summed E-state index contributed by atoms with van der Waals surface area (Å²) in [5.74, 6) is -0.356. The molecule has 0 radical (unpaired) electrons. The van der Waals surface area contributed by atoms with Gasteiger partial charge in [-0.05, 0) is 49.1 Å². The summed E-state index contributed by atoms with van der Waals surface area (Å²) >= 11 is 0. The molecule has 1 aliphatic heterocycles. The number of hydrogen-bond acceptors (Lipinski definition) is 2. The first-order valence-corrected chi connectivity index (χ1v) is 8.00. The molecule has 2 aromatic rings. The summed E-state index contributed by atoms with van der Waals surface area (Å²) in [4.78, 5) is 14.0. The molecule has 1 heterocycles. The number of likely N-dealkylation sites (tertiary alicyclic amines) is 1. The first kappa shape index (κ1) is 16.5. The van der Waals surface area contributed by atoms with Gasteiger partial charge in [-0.15, -0.1) is 0 Å². The lowest BCUT2D eigenvalue weighted by molar-refractivity contribution is 0.0494. The average Bonchev–Trinajstić information content (AvgIpc) is 2.95. The van der Waals surface area contributed by atoms with E-state index in [9.17, 15) is 14.3 Å². The molecule has 1 fully saturated rings. The number of β-amino-alcohol motifs (C(OH)–C–C–N with tert-alkyl or cyclic N) is 1. The topological polar surface area (TPSA) is 52.6 Å². The van der Waals surface area contributed by atoms with Crippen LogP contribution in [0.2, 0.25) is 0 Å². The molecule has 0 aliphatic carbocycles. The van der Waals surface area contributed by atoms with Gasteiger partial charge in [0.2, 0.25) is 0 Å². The molecular formula is C19H21FN2O2. The minimum absolute atomic E-state index is 0.220. The number of nitrogens with zero attached hydrogens (tertiary/aromatic N) is 1. The highest BCUT2D eigenvalue weighted by Gasteiger charge is 2.40. The summed E-state index contributed by atoms with van der Waals surface area (Å²) in [6, 6.07) is 11.9. The van der Waals surface area contributed by atoms with Gasteiger partial charge in [-0.25, -0.2) is 9.18 Å². The summed E-state index contributed by atoms with van der Waals surface area (Å²) < 4.78 is 13.6. The third-order valence-electron chi connectivity index (χ3n) is 4.60. The highest BCUT2D eigenvalue weighted by Crippen LogP contribution is 2.34. The Balaban J connectivity index is 1.72. The maximum absolute atomic E-state index is 13.6. The van der Waals surface area contributed by atoms with Crippen LogP contribution in [0.25, 0.3) is 0 Å². The molecule has 0 bridgehead atoms. The fourth-order valence-corrected chi connectivity index (χ4v) is 3.16. The molecule has 0 spiro atoms. The van der Waals surface area contributed by atoms with E-state index >= 15 is 0 Å². The number of rotatable bonds is 2. The van der Waals surface area contributed by atoms with Gasteiger partial charge in [-0.1, -0.05) is 30.3 Å². The quantitative estimate of drug-likeness (QED) is 0.885. The summed E-state index contributed by atoms with van der Waals surface area (Å²) in [6.07, 6.45) is 0.480. The van der Waals surface area contributed by atoms with Crippen LogP contribution in [0, 0.1) is 19.7 Å². The normalized spacial score (nSPS) is 20.2. The number of anilines is 1. The van der Waals surface area contributed by atoms with E-state index in [0.717, 1.165) is 11.1 Å². The van der Waals surface area contributed by atoms with Crippen molar-refractivity contribution >= 4 is 11.7 Å². The lowest BCUT2D eigenvalue weighted by Gasteiger charge is -2.25. The number of amides is 2. The van der Waals surface area contributed by atoms with Crippen LogP contribution in [0.4, 0.5) is 14.9 Å². The monoisotopic (exact) mass is 328 g/mol. The van der Waals surface area contributed by atoms with E-state index in [1.54, 1.807) is 24.0 Å². The number of carbonyl (C=O) groups excluding carboxylic acids is 1. The molecule has 1 aliphatic rings. The smallest absolute Gasteiger partial charge is 0.321 e. The fourth-order valence-electron chi connectivity index (χ4n) is 3.16. The Morgan fingerprint density at radius 1 is 1.21 bits per heavy atom. The van der Waals surface area contributed by atoms with Crippen molar-refractivity contribution < 1.29 is 14.3 Å². The summed E-state index contributed by atoms with van der Waals surface area (Å²) in [6.45, 7) is 4.29. The van der Waals surface area contributed by atoms with Gasteiger partial charge in [0.15, 0.2) is 0 Å². The summed E-state index contributed by atoms with van der Waals surface area (Å²) in [5, 5.41) is 13.6. The molecule has 2 amide bonds. The van der Waals surface area contributed by atoms with Gasteiger partial charge in [0, 0.05) is 12.2 Å². The van der Waals surface area contributed by atoms with Crippen LogP contribution in [0.5, 0.6) is 0 Å². The number of urea groups is 1. The number of aryl methyl sites for hydroxylation is 2. The van der Waals surface area contributed by atoms with E-state index in [-0.39, 0.29) is 18.4 Å². The van der Waals surface area contributed by atoms with Crippen molar-refractivity contribution in [2.75, 3.05) is 18.4 Å². The van der Waals surface area contributed by atoms with Crippen molar-refractivity contribution in [2.45, 2.75) is 25.9 Å². The largest absolute Gasteiger partial charge is 0.383 e. The van der Waals surface area contributed by atoms with Gasteiger partial charge in [0.1, 0.15) is 11.4 Å². The first-order chi connectivity index (χ1) is 11.4. The lowest BCUT2D eigenvalue weighted by atomic mass is 9.89. The second-order valence-corrected chi connectivity index (χ2v) is 6.41. The Hall–Kier alpha value is -2.40. The van der Waals surface area contributed by atoms with Crippen LogP contribution in [0.1, 0.15) is 23.1 Å². The van der Waals surface area contributed by atoms with E-state index in [0.29, 0.717) is 24.2 Å². The van der Waals surface area contributed by atoms with Crippen molar-refractivity contribution in [1.29, 1.82) is 0 Å². The molecule has 3 rings (SSSR count). The zero-order valence-electron chi connectivity index (χ0n) is 13.8. The molecule has 24 heavy (non-hydrogen) atoms. The molecule has 1 atom stereocenters. The van der Waals surface area contributed by atoms with Gasteiger partial charge in [0.05, 0.1) is 6.54 Å². The van der Waals surface area contributed by atoms with Gasteiger partial charge >= 0.3 is 6.03 Å². The van der Waals surface area contributed by atoms with Crippen molar-refractivity contribution in [3.8, 4) is 0 Å². The Bertz CT molecular complexity index is 778. The molecule has 5 heteroatoms. The zero-order valence-corrected chi connectivity index (χ0v) is 13.8. The molecule has 2 aromatic carbocycles. The van der Waals surface area contributed by atoms with E-state index in [1.165, 1.54) is 6.07 Å². The Morgan fingerprint density at radius 2 is 1.96 bits per heavy atom. The van der Waals surface area contributed by atoms with E-state index < -0.39 is 5.60 Å². The molecule has 0 unspecified atom stereocenters. The van der Waals surface area contributed by atoms with Gasteiger partial charge < -0.3 is 15.3 Å². The summed E-state index contributed by atoms with van der Waals surface area (Å²) in [5.41, 5.74) is 1.75. The highest BCUT2D eigenvalue weighted by atomic mass is 19.1. The van der Waals surface area contributed by atoms with Crippen molar-refractivity contribution in [3.05, 3.63) is 65.0 Å². The van der Waals surface area contributed by atoms with Crippen LogP contribution in [-0.4, -0.2) is 29.1 Å².